The molecule has 3 rings (SSSR count). The third-order valence-electron chi connectivity index (χ3n) is 4.42. The minimum atomic E-state index is 0.232. The van der Waals surface area contributed by atoms with Gasteiger partial charge in [-0.2, -0.15) is 0 Å². The molecule has 3 heterocycles. The van der Waals surface area contributed by atoms with Gasteiger partial charge in [-0.05, 0) is 44.5 Å². The number of nitrogens with one attached hydrogen (secondary N) is 1. The first-order chi connectivity index (χ1) is 9.27. The first kappa shape index (κ1) is 12.6. The van der Waals surface area contributed by atoms with Gasteiger partial charge in [-0.15, -0.1) is 0 Å². The van der Waals surface area contributed by atoms with Crippen LogP contribution in [-0.4, -0.2) is 27.6 Å². The van der Waals surface area contributed by atoms with Crippen molar-refractivity contribution in [1.29, 1.82) is 0 Å². The van der Waals surface area contributed by atoms with Crippen molar-refractivity contribution >= 4 is 11.2 Å². The molecule has 0 radical (unpaired) electrons. The Kier molecular flexibility index (Phi) is 3.27. The van der Waals surface area contributed by atoms with Crippen LogP contribution in [0.3, 0.4) is 0 Å². The van der Waals surface area contributed by atoms with E-state index >= 15 is 0 Å². The molecule has 19 heavy (non-hydrogen) atoms. The molecule has 0 saturated carbocycles. The van der Waals surface area contributed by atoms with Gasteiger partial charge < -0.3 is 9.88 Å². The van der Waals surface area contributed by atoms with Gasteiger partial charge in [0.2, 0.25) is 0 Å². The second kappa shape index (κ2) is 4.93. The fourth-order valence-corrected chi connectivity index (χ4v) is 3.47. The predicted molar refractivity (Wildman–Crippen MR) is 77.2 cm³/mol. The molecular formula is C15H22N4. The molecule has 4 heteroatoms. The number of rotatable bonds is 3. The van der Waals surface area contributed by atoms with Crippen molar-refractivity contribution in [2.45, 2.75) is 38.0 Å². The zero-order valence-corrected chi connectivity index (χ0v) is 11.8. The molecule has 1 fully saturated rings. The largest absolute Gasteiger partial charge is 0.329 e. The van der Waals surface area contributed by atoms with Gasteiger partial charge in [0.05, 0.1) is 5.52 Å². The van der Waals surface area contributed by atoms with Crippen LogP contribution in [0.25, 0.3) is 11.2 Å². The Balaban J connectivity index is 2.11. The highest BCUT2D eigenvalue weighted by atomic mass is 15.1. The molecule has 0 amide bonds. The Morgan fingerprint density at radius 2 is 2.16 bits per heavy atom. The smallest absolute Gasteiger partial charge is 0.177 e. The molecule has 0 bridgehead atoms. The highest BCUT2D eigenvalue weighted by molar-refractivity contribution is 5.71. The third kappa shape index (κ3) is 2.04. The van der Waals surface area contributed by atoms with E-state index in [1.807, 2.05) is 12.3 Å². The van der Waals surface area contributed by atoms with E-state index in [9.17, 15) is 0 Å². The Bertz CT molecular complexity index is 561. The zero-order chi connectivity index (χ0) is 13.3. The molecule has 0 atom stereocenters. The Hall–Kier alpha value is -1.42. The van der Waals surface area contributed by atoms with E-state index in [0.717, 1.165) is 24.3 Å². The van der Waals surface area contributed by atoms with Crippen molar-refractivity contribution in [3.63, 3.8) is 0 Å². The van der Waals surface area contributed by atoms with Crippen LogP contribution < -0.4 is 5.32 Å². The zero-order valence-electron chi connectivity index (χ0n) is 11.8. The summed E-state index contributed by atoms with van der Waals surface area (Å²) in [6.45, 7) is 4.46. The van der Waals surface area contributed by atoms with Crippen molar-refractivity contribution < 1.29 is 0 Å². The topological polar surface area (TPSA) is 42.7 Å². The van der Waals surface area contributed by atoms with E-state index in [1.54, 1.807) is 0 Å². The summed E-state index contributed by atoms with van der Waals surface area (Å²) in [6, 6.07) is 4.10. The molecule has 0 unspecified atom stereocenters. The van der Waals surface area contributed by atoms with Crippen molar-refractivity contribution in [3.05, 3.63) is 24.2 Å². The van der Waals surface area contributed by atoms with Crippen molar-refractivity contribution in [3.8, 4) is 0 Å². The number of aromatic nitrogens is 3. The van der Waals surface area contributed by atoms with Crippen molar-refractivity contribution in [2.24, 2.45) is 7.05 Å². The number of hydrogen-bond acceptors (Lipinski definition) is 3. The van der Waals surface area contributed by atoms with Crippen LogP contribution in [0.1, 0.15) is 38.4 Å². The molecule has 1 saturated heterocycles. The predicted octanol–water partition coefficient (Wildman–Crippen LogP) is 2.39. The Morgan fingerprint density at radius 1 is 1.37 bits per heavy atom. The second-order valence-electron chi connectivity index (χ2n) is 5.62. The summed E-state index contributed by atoms with van der Waals surface area (Å²) in [5.74, 6) is 1.23. The van der Waals surface area contributed by atoms with Gasteiger partial charge in [0.15, 0.2) is 5.65 Å². The van der Waals surface area contributed by atoms with Crippen LogP contribution in [0.5, 0.6) is 0 Å². The van der Waals surface area contributed by atoms with E-state index in [4.69, 9.17) is 4.98 Å². The molecule has 1 N–H and O–H groups in total. The Labute approximate surface area is 114 Å². The molecule has 2 aromatic heterocycles. The van der Waals surface area contributed by atoms with Crippen LogP contribution >= 0.6 is 0 Å². The molecule has 0 spiro atoms. The number of pyridine rings is 1. The van der Waals surface area contributed by atoms with Gasteiger partial charge in [-0.1, -0.05) is 13.3 Å². The quantitative estimate of drug-likeness (QED) is 0.919. The van der Waals surface area contributed by atoms with Gasteiger partial charge in [0.1, 0.15) is 5.82 Å². The van der Waals surface area contributed by atoms with E-state index in [0.29, 0.717) is 0 Å². The molecule has 1 aliphatic heterocycles. The molecule has 0 aromatic carbocycles. The van der Waals surface area contributed by atoms with Crippen LogP contribution in [0.2, 0.25) is 0 Å². The van der Waals surface area contributed by atoms with Crippen molar-refractivity contribution in [2.75, 3.05) is 13.1 Å². The molecule has 2 aromatic rings. The van der Waals surface area contributed by atoms with Crippen LogP contribution in [0.4, 0.5) is 0 Å². The fourth-order valence-electron chi connectivity index (χ4n) is 3.47. The van der Waals surface area contributed by atoms with Gasteiger partial charge in [0.25, 0.3) is 0 Å². The first-order valence-electron chi connectivity index (χ1n) is 7.25. The third-order valence-corrected chi connectivity index (χ3v) is 4.42. The summed E-state index contributed by atoms with van der Waals surface area (Å²) >= 11 is 0. The van der Waals surface area contributed by atoms with Gasteiger partial charge >= 0.3 is 0 Å². The highest BCUT2D eigenvalue weighted by Gasteiger charge is 2.37. The Morgan fingerprint density at radius 3 is 2.84 bits per heavy atom. The maximum Gasteiger partial charge on any atom is 0.177 e. The normalized spacial score (nSPS) is 18.8. The number of imidazole rings is 1. The number of hydrogen-bond donors (Lipinski definition) is 1. The summed E-state index contributed by atoms with van der Waals surface area (Å²) < 4.78 is 2.25. The standard InChI is InChI=1S/C15H22N4/c1-3-6-15(7-10-16-11-8-15)14-18-13-12(19(14)2)5-4-9-17-13/h4-5,9,16H,3,6-8,10-11H2,1-2H3. The monoisotopic (exact) mass is 258 g/mol. The van der Waals surface area contributed by atoms with Crippen LogP contribution in [0.15, 0.2) is 18.3 Å². The summed E-state index contributed by atoms with van der Waals surface area (Å²) in [7, 11) is 2.13. The van der Waals surface area contributed by atoms with E-state index < -0.39 is 0 Å². The maximum absolute atomic E-state index is 4.85. The van der Waals surface area contributed by atoms with Crippen molar-refractivity contribution in [1.82, 2.24) is 19.9 Å². The molecule has 0 aliphatic carbocycles. The lowest BCUT2D eigenvalue weighted by Gasteiger charge is -2.37. The molecular weight excluding hydrogens is 236 g/mol. The second-order valence-corrected chi connectivity index (χ2v) is 5.62. The summed E-state index contributed by atoms with van der Waals surface area (Å²) in [4.78, 5) is 9.25. The SMILES string of the molecule is CCCC1(c2nc3ncccc3n2C)CCNCC1. The van der Waals surface area contributed by atoms with E-state index in [1.165, 1.54) is 31.5 Å². The molecule has 102 valence electrons. The number of fused-ring (bicyclic) bond motifs is 1. The summed E-state index contributed by atoms with van der Waals surface area (Å²) in [5.41, 5.74) is 2.26. The van der Waals surface area contributed by atoms with Crippen LogP contribution in [-0.2, 0) is 12.5 Å². The number of aryl methyl sites for hydroxylation is 1. The average Bonchev–Trinajstić information content (AvgIpc) is 2.79. The lowest BCUT2D eigenvalue weighted by Crippen LogP contribution is -2.41. The maximum atomic E-state index is 4.85. The fraction of sp³-hybridized carbons (Fsp3) is 0.600. The summed E-state index contributed by atoms with van der Waals surface area (Å²) in [6.07, 6.45) is 6.60. The van der Waals surface area contributed by atoms with E-state index in [-0.39, 0.29) is 5.41 Å². The summed E-state index contributed by atoms with van der Waals surface area (Å²) in [5, 5.41) is 3.47. The lowest BCUT2D eigenvalue weighted by molar-refractivity contribution is 0.266. The van der Waals surface area contributed by atoms with Crippen LogP contribution in [0, 0.1) is 0 Å². The first-order valence-corrected chi connectivity index (χ1v) is 7.25. The minimum absolute atomic E-state index is 0.232. The minimum Gasteiger partial charge on any atom is -0.329 e. The van der Waals surface area contributed by atoms with Gasteiger partial charge in [-0.25, -0.2) is 9.97 Å². The van der Waals surface area contributed by atoms with Gasteiger partial charge in [-0.3, -0.25) is 0 Å². The molecule has 1 aliphatic rings. The van der Waals surface area contributed by atoms with E-state index in [2.05, 4.69) is 34.9 Å². The number of piperidine rings is 1. The average molecular weight is 258 g/mol. The molecule has 4 nitrogen and oxygen atoms in total. The number of nitrogens with zero attached hydrogens (tertiary/aromatic N) is 3. The highest BCUT2D eigenvalue weighted by Crippen LogP contribution is 2.38. The lowest BCUT2D eigenvalue weighted by atomic mass is 9.74. The van der Waals surface area contributed by atoms with Gasteiger partial charge in [0, 0.05) is 18.7 Å².